The van der Waals surface area contributed by atoms with Crippen LogP contribution in [-0.2, 0) is 0 Å². The fraction of sp³-hybridized carbons (Fsp3) is 0.222. The number of anilines is 2. The number of fused-ring (bicyclic) bond motifs is 1. The number of carbonyl (C=O) groups is 1. The van der Waals surface area contributed by atoms with Crippen molar-refractivity contribution in [1.82, 2.24) is 14.6 Å². The van der Waals surface area contributed by atoms with Crippen molar-refractivity contribution in [3.63, 3.8) is 0 Å². The van der Waals surface area contributed by atoms with Gasteiger partial charge < -0.3 is 15.7 Å². The van der Waals surface area contributed by atoms with Crippen LogP contribution >= 0.6 is 0 Å². The molecule has 0 bridgehead atoms. The highest BCUT2D eigenvalue weighted by Gasteiger charge is 2.14. The summed E-state index contributed by atoms with van der Waals surface area (Å²) < 4.78 is 1.37. The van der Waals surface area contributed by atoms with Gasteiger partial charge in [0.2, 0.25) is 5.95 Å². The molecule has 0 saturated heterocycles. The highest BCUT2D eigenvalue weighted by molar-refractivity contribution is 5.95. The third kappa shape index (κ3) is 1.52. The number of pyridine rings is 1. The molecule has 2 rings (SSSR count). The van der Waals surface area contributed by atoms with Gasteiger partial charge in [0, 0.05) is 14.1 Å². The van der Waals surface area contributed by atoms with E-state index < -0.39 is 5.97 Å². The van der Waals surface area contributed by atoms with Gasteiger partial charge in [-0.25, -0.2) is 9.31 Å². The lowest BCUT2D eigenvalue weighted by molar-refractivity contribution is 0.0698. The zero-order valence-corrected chi connectivity index (χ0v) is 8.88. The Morgan fingerprint density at radius 1 is 1.56 bits per heavy atom. The topological polar surface area (TPSA) is 96.8 Å². The molecule has 3 N–H and O–H groups in total. The maximum Gasteiger partial charge on any atom is 0.339 e. The SMILES string of the molecule is CN(C)c1cc(C(=O)O)c2nc(N)nn2c1. The summed E-state index contributed by atoms with van der Waals surface area (Å²) in [4.78, 5) is 16.7. The normalized spacial score (nSPS) is 10.6. The number of carboxylic acids is 1. The second kappa shape index (κ2) is 3.37. The third-order valence-electron chi connectivity index (χ3n) is 2.18. The average Bonchev–Trinajstić information content (AvgIpc) is 2.55. The molecule has 0 saturated carbocycles. The maximum absolute atomic E-state index is 11.1. The first-order valence-corrected chi connectivity index (χ1v) is 4.55. The van der Waals surface area contributed by atoms with Crippen molar-refractivity contribution >= 4 is 23.3 Å². The third-order valence-corrected chi connectivity index (χ3v) is 2.18. The lowest BCUT2D eigenvalue weighted by Crippen LogP contribution is -2.12. The summed E-state index contributed by atoms with van der Waals surface area (Å²) in [6.45, 7) is 0. The minimum Gasteiger partial charge on any atom is -0.478 e. The first-order valence-electron chi connectivity index (χ1n) is 4.55. The molecule has 0 amide bonds. The number of hydrogen-bond donors (Lipinski definition) is 2. The summed E-state index contributed by atoms with van der Waals surface area (Å²) in [5, 5.41) is 13.0. The minimum absolute atomic E-state index is 0.0541. The Kier molecular flexibility index (Phi) is 2.15. The molecule has 2 aromatic heterocycles. The number of aromatic carboxylic acids is 1. The maximum atomic E-state index is 11.1. The Balaban J connectivity index is 2.78. The lowest BCUT2D eigenvalue weighted by Gasteiger charge is -2.12. The van der Waals surface area contributed by atoms with E-state index in [1.807, 2.05) is 14.1 Å². The molecule has 7 nitrogen and oxygen atoms in total. The van der Waals surface area contributed by atoms with Crippen LogP contribution in [0.3, 0.4) is 0 Å². The summed E-state index contributed by atoms with van der Waals surface area (Å²) in [5.74, 6) is -1.00. The van der Waals surface area contributed by atoms with Crippen molar-refractivity contribution in [2.75, 3.05) is 24.7 Å². The van der Waals surface area contributed by atoms with Crippen LogP contribution in [0.4, 0.5) is 11.6 Å². The summed E-state index contributed by atoms with van der Waals surface area (Å²) >= 11 is 0. The van der Waals surface area contributed by atoms with E-state index in [1.165, 1.54) is 10.6 Å². The van der Waals surface area contributed by atoms with E-state index in [-0.39, 0.29) is 17.2 Å². The zero-order chi connectivity index (χ0) is 11.9. The predicted molar refractivity (Wildman–Crippen MR) is 58.7 cm³/mol. The summed E-state index contributed by atoms with van der Waals surface area (Å²) in [7, 11) is 3.63. The van der Waals surface area contributed by atoms with Gasteiger partial charge in [0.25, 0.3) is 0 Å². The van der Waals surface area contributed by atoms with Gasteiger partial charge in [-0.15, -0.1) is 5.10 Å². The van der Waals surface area contributed by atoms with E-state index in [9.17, 15) is 4.79 Å². The highest BCUT2D eigenvalue weighted by atomic mass is 16.4. The Bertz CT molecular complexity index is 560. The molecule has 0 radical (unpaired) electrons. The standard InChI is InChI=1S/C9H11N5O2/c1-13(2)5-3-6(8(15)16)7-11-9(10)12-14(7)4-5/h3-4H,1-2H3,(H2,10,12)(H,15,16). The Morgan fingerprint density at radius 3 is 2.81 bits per heavy atom. The number of nitrogen functional groups attached to an aromatic ring is 1. The molecule has 16 heavy (non-hydrogen) atoms. The number of aromatic nitrogens is 3. The monoisotopic (exact) mass is 221 g/mol. The van der Waals surface area contributed by atoms with Crippen LogP contribution in [-0.4, -0.2) is 39.8 Å². The van der Waals surface area contributed by atoms with Crippen molar-refractivity contribution in [2.24, 2.45) is 0 Å². The molecule has 0 aliphatic carbocycles. The first kappa shape index (κ1) is 10.2. The number of nitrogens with zero attached hydrogens (tertiary/aromatic N) is 4. The smallest absolute Gasteiger partial charge is 0.339 e. The van der Waals surface area contributed by atoms with Gasteiger partial charge in [-0.05, 0) is 6.07 Å². The van der Waals surface area contributed by atoms with Gasteiger partial charge in [0.1, 0.15) is 5.56 Å². The molecule has 0 aromatic carbocycles. The number of carboxylic acid groups (broad SMARTS) is 1. The molecular formula is C9H11N5O2. The fourth-order valence-corrected chi connectivity index (χ4v) is 1.39. The molecule has 0 aliphatic heterocycles. The largest absolute Gasteiger partial charge is 0.478 e. The average molecular weight is 221 g/mol. The van der Waals surface area contributed by atoms with E-state index in [4.69, 9.17) is 10.8 Å². The van der Waals surface area contributed by atoms with Crippen molar-refractivity contribution in [3.05, 3.63) is 17.8 Å². The molecule has 0 atom stereocenters. The second-order valence-electron chi connectivity index (χ2n) is 3.55. The summed E-state index contributed by atoms with van der Waals surface area (Å²) in [6, 6.07) is 1.53. The van der Waals surface area contributed by atoms with Gasteiger partial charge in [-0.1, -0.05) is 0 Å². The Hall–Kier alpha value is -2.31. The van der Waals surface area contributed by atoms with Crippen LogP contribution in [0, 0.1) is 0 Å². The zero-order valence-electron chi connectivity index (χ0n) is 8.88. The molecule has 7 heteroatoms. The van der Waals surface area contributed by atoms with E-state index >= 15 is 0 Å². The number of nitrogens with two attached hydrogens (primary N) is 1. The number of rotatable bonds is 2. The predicted octanol–water partition coefficient (Wildman–Crippen LogP) is 0.0757. The number of hydrogen-bond acceptors (Lipinski definition) is 5. The Labute approximate surface area is 91.1 Å². The van der Waals surface area contributed by atoms with Crippen molar-refractivity contribution in [3.8, 4) is 0 Å². The molecular weight excluding hydrogens is 210 g/mol. The van der Waals surface area contributed by atoms with Crippen molar-refractivity contribution in [2.45, 2.75) is 0 Å². The summed E-state index contributed by atoms with van der Waals surface area (Å²) in [6.07, 6.45) is 1.67. The Morgan fingerprint density at radius 2 is 2.25 bits per heavy atom. The fourth-order valence-electron chi connectivity index (χ4n) is 1.39. The van der Waals surface area contributed by atoms with Gasteiger partial charge in [0.15, 0.2) is 5.65 Å². The van der Waals surface area contributed by atoms with E-state index in [2.05, 4.69) is 10.1 Å². The van der Waals surface area contributed by atoms with Gasteiger partial charge in [-0.2, -0.15) is 4.98 Å². The van der Waals surface area contributed by atoms with Crippen LogP contribution < -0.4 is 10.6 Å². The summed E-state index contributed by atoms with van der Waals surface area (Å²) in [5.41, 5.74) is 6.48. The molecule has 0 unspecified atom stereocenters. The van der Waals surface area contributed by atoms with Crippen LogP contribution in [0.5, 0.6) is 0 Å². The van der Waals surface area contributed by atoms with Gasteiger partial charge in [0.05, 0.1) is 11.9 Å². The van der Waals surface area contributed by atoms with Gasteiger partial charge >= 0.3 is 5.97 Å². The van der Waals surface area contributed by atoms with Gasteiger partial charge in [-0.3, -0.25) is 0 Å². The van der Waals surface area contributed by atoms with Crippen molar-refractivity contribution in [1.29, 1.82) is 0 Å². The van der Waals surface area contributed by atoms with Crippen molar-refractivity contribution < 1.29 is 9.90 Å². The van der Waals surface area contributed by atoms with Crippen LogP contribution in [0.1, 0.15) is 10.4 Å². The first-order chi connectivity index (χ1) is 7.49. The molecule has 0 aliphatic rings. The van der Waals surface area contributed by atoms with Crippen LogP contribution in [0.15, 0.2) is 12.3 Å². The molecule has 2 heterocycles. The molecule has 84 valence electrons. The van der Waals surface area contributed by atoms with E-state index in [0.29, 0.717) is 0 Å². The molecule has 0 spiro atoms. The van der Waals surface area contributed by atoms with Crippen LogP contribution in [0.2, 0.25) is 0 Å². The van der Waals surface area contributed by atoms with E-state index in [1.54, 1.807) is 11.1 Å². The lowest BCUT2D eigenvalue weighted by atomic mass is 10.2. The van der Waals surface area contributed by atoms with E-state index in [0.717, 1.165) is 5.69 Å². The van der Waals surface area contributed by atoms with Crippen LogP contribution in [0.25, 0.3) is 5.65 Å². The highest BCUT2D eigenvalue weighted by Crippen LogP contribution is 2.18. The molecule has 2 aromatic rings. The second-order valence-corrected chi connectivity index (χ2v) is 3.55. The minimum atomic E-state index is -1.05. The quantitative estimate of drug-likeness (QED) is 0.745. The molecule has 0 fully saturated rings.